The van der Waals surface area contributed by atoms with Gasteiger partial charge in [0, 0.05) is 6.04 Å². The molecule has 2 unspecified atom stereocenters. The summed E-state index contributed by atoms with van der Waals surface area (Å²) < 4.78 is 12.8. The van der Waals surface area contributed by atoms with Gasteiger partial charge in [-0.15, -0.1) is 0 Å². The van der Waals surface area contributed by atoms with Crippen molar-refractivity contribution < 1.29 is 9.18 Å². The summed E-state index contributed by atoms with van der Waals surface area (Å²) in [5, 5.41) is 2.91. The molecular formula is C14H17FN2O. The van der Waals surface area contributed by atoms with Crippen molar-refractivity contribution in [1.82, 2.24) is 5.32 Å². The molecular weight excluding hydrogens is 231 g/mol. The van der Waals surface area contributed by atoms with Gasteiger partial charge < -0.3 is 11.1 Å². The molecule has 2 rings (SSSR count). The lowest BCUT2D eigenvalue weighted by Crippen LogP contribution is -2.32. The summed E-state index contributed by atoms with van der Waals surface area (Å²) in [5.74, 6) is -0.458. The highest BCUT2D eigenvalue weighted by atomic mass is 19.1. The Bertz CT molecular complexity index is 455. The molecule has 0 heterocycles. The highest BCUT2D eigenvalue weighted by molar-refractivity contribution is 5.81. The maximum atomic E-state index is 12.8. The van der Waals surface area contributed by atoms with Crippen LogP contribution in [-0.4, -0.2) is 11.9 Å². The molecule has 3 N–H and O–H groups in total. The zero-order valence-corrected chi connectivity index (χ0v) is 10.3. The van der Waals surface area contributed by atoms with Crippen LogP contribution < -0.4 is 11.1 Å². The molecule has 0 saturated heterocycles. The van der Waals surface area contributed by atoms with Gasteiger partial charge in [0.1, 0.15) is 5.82 Å². The van der Waals surface area contributed by atoms with Crippen LogP contribution in [0, 0.1) is 11.7 Å². The largest absolute Gasteiger partial charge is 0.349 e. The lowest BCUT2D eigenvalue weighted by atomic mass is 10.0. The van der Waals surface area contributed by atoms with Gasteiger partial charge >= 0.3 is 0 Å². The van der Waals surface area contributed by atoms with E-state index in [4.69, 9.17) is 5.73 Å². The zero-order valence-electron chi connectivity index (χ0n) is 10.3. The Labute approximate surface area is 106 Å². The molecule has 1 amide bonds. The Hall–Kier alpha value is -1.68. The second-order valence-corrected chi connectivity index (χ2v) is 4.67. The third-order valence-electron chi connectivity index (χ3n) is 3.18. The Kier molecular flexibility index (Phi) is 3.77. The second kappa shape index (κ2) is 5.31. The summed E-state index contributed by atoms with van der Waals surface area (Å²) in [6.45, 7) is 1.88. The number of halogens is 1. The van der Waals surface area contributed by atoms with Gasteiger partial charge in [0.05, 0.1) is 12.0 Å². The van der Waals surface area contributed by atoms with E-state index in [9.17, 15) is 9.18 Å². The predicted octanol–water partition coefficient (Wildman–Crippen LogP) is 1.91. The molecule has 3 atom stereocenters. The van der Waals surface area contributed by atoms with Gasteiger partial charge in [-0.2, -0.15) is 0 Å². The Balaban J connectivity index is 1.95. The first-order valence-electron chi connectivity index (χ1n) is 6.06. The van der Waals surface area contributed by atoms with Crippen molar-refractivity contribution in [3.63, 3.8) is 0 Å². The number of carbonyl (C=O) groups excluding carboxylic acids is 1. The van der Waals surface area contributed by atoms with Crippen LogP contribution in [-0.2, 0) is 4.79 Å². The maximum Gasteiger partial charge on any atom is 0.227 e. The molecule has 0 saturated carbocycles. The first kappa shape index (κ1) is 12.8. The van der Waals surface area contributed by atoms with Crippen molar-refractivity contribution in [3.05, 3.63) is 47.8 Å². The van der Waals surface area contributed by atoms with Crippen molar-refractivity contribution in [2.24, 2.45) is 11.7 Å². The first-order chi connectivity index (χ1) is 8.56. The van der Waals surface area contributed by atoms with Crippen LogP contribution in [0.15, 0.2) is 36.4 Å². The molecule has 0 fully saturated rings. The molecule has 1 aliphatic carbocycles. The van der Waals surface area contributed by atoms with E-state index in [0.717, 1.165) is 5.56 Å². The summed E-state index contributed by atoms with van der Waals surface area (Å²) in [6.07, 6.45) is 4.35. The number of nitrogens with one attached hydrogen (secondary N) is 1. The smallest absolute Gasteiger partial charge is 0.227 e. The molecule has 0 bridgehead atoms. The number of hydrogen-bond donors (Lipinski definition) is 2. The fourth-order valence-corrected chi connectivity index (χ4v) is 2.08. The van der Waals surface area contributed by atoms with E-state index in [-0.39, 0.29) is 29.7 Å². The van der Waals surface area contributed by atoms with Crippen LogP contribution in [0.2, 0.25) is 0 Å². The van der Waals surface area contributed by atoms with E-state index in [1.165, 1.54) is 12.1 Å². The van der Waals surface area contributed by atoms with Gasteiger partial charge in [-0.05, 0) is 31.0 Å². The van der Waals surface area contributed by atoms with Crippen LogP contribution >= 0.6 is 0 Å². The minimum atomic E-state index is -0.276. The van der Waals surface area contributed by atoms with Gasteiger partial charge in [0.25, 0.3) is 0 Å². The molecule has 18 heavy (non-hydrogen) atoms. The molecule has 1 aliphatic rings. The van der Waals surface area contributed by atoms with Crippen LogP contribution in [0.25, 0.3) is 0 Å². The second-order valence-electron chi connectivity index (χ2n) is 4.67. The first-order valence-corrected chi connectivity index (χ1v) is 6.06. The van der Waals surface area contributed by atoms with Crippen LogP contribution in [0.4, 0.5) is 4.39 Å². The summed E-state index contributed by atoms with van der Waals surface area (Å²) >= 11 is 0. The van der Waals surface area contributed by atoms with E-state index in [1.807, 2.05) is 19.1 Å². The standard InChI is InChI=1S/C14H17FN2O/c1-9(10-2-5-12(15)6-3-10)17-14(18)11-4-7-13(16)8-11/h2-7,9,11,13H,8,16H2,1H3,(H,17,18)/t9-,11?,13?/m1/s1. The molecule has 1 aromatic rings. The SMILES string of the molecule is C[C@@H](NC(=O)C1C=CC(N)C1)c1ccc(F)cc1. The van der Waals surface area contributed by atoms with Gasteiger partial charge in [-0.3, -0.25) is 4.79 Å². The van der Waals surface area contributed by atoms with Gasteiger partial charge in [0.15, 0.2) is 0 Å². The molecule has 1 aromatic carbocycles. The molecule has 0 spiro atoms. The predicted molar refractivity (Wildman–Crippen MR) is 68.2 cm³/mol. The van der Waals surface area contributed by atoms with E-state index in [0.29, 0.717) is 6.42 Å². The molecule has 0 aliphatic heterocycles. The van der Waals surface area contributed by atoms with E-state index < -0.39 is 0 Å². The maximum absolute atomic E-state index is 12.8. The monoisotopic (exact) mass is 248 g/mol. The fraction of sp³-hybridized carbons (Fsp3) is 0.357. The summed E-state index contributed by atoms with van der Waals surface area (Å²) in [6, 6.07) is 5.98. The average molecular weight is 248 g/mol. The molecule has 96 valence electrons. The number of hydrogen-bond acceptors (Lipinski definition) is 2. The number of carbonyl (C=O) groups is 1. The number of amides is 1. The Morgan fingerprint density at radius 2 is 2.06 bits per heavy atom. The minimum Gasteiger partial charge on any atom is -0.349 e. The molecule has 0 radical (unpaired) electrons. The molecule has 4 heteroatoms. The topological polar surface area (TPSA) is 55.1 Å². The van der Waals surface area contributed by atoms with E-state index in [2.05, 4.69) is 5.32 Å². The third kappa shape index (κ3) is 2.96. The van der Waals surface area contributed by atoms with Gasteiger partial charge in [-0.25, -0.2) is 4.39 Å². The van der Waals surface area contributed by atoms with E-state index >= 15 is 0 Å². The van der Waals surface area contributed by atoms with Crippen LogP contribution in [0.3, 0.4) is 0 Å². The summed E-state index contributed by atoms with van der Waals surface area (Å²) in [5.41, 5.74) is 6.60. The number of benzene rings is 1. The van der Waals surface area contributed by atoms with Gasteiger partial charge in [0.2, 0.25) is 5.91 Å². The van der Waals surface area contributed by atoms with E-state index in [1.54, 1.807) is 12.1 Å². The Morgan fingerprint density at radius 1 is 1.39 bits per heavy atom. The Morgan fingerprint density at radius 3 is 2.61 bits per heavy atom. The average Bonchev–Trinajstić information content (AvgIpc) is 2.76. The normalized spacial score (nSPS) is 23.9. The van der Waals surface area contributed by atoms with Crippen molar-refractivity contribution in [2.75, 3.05) is 0 Å². The van der Waals surface area contributed by atoms with Crippen molar-refractivity contribution in [3.8, 4) is 0 Å². The fourth-order valence-electron chi connectivity index (χ4n) is 2.08. The van der Waals surface area contributed by atoms with Crippen LogP contribution in [0.5, 0.6) is 0 Å². The zero-order chi connectivity index (χ0) is 13.1. The summed E-state index contributed by atoms with van der Waals surface area (Å²) in [7, 11) is 0. The third-order valence-corrected chi connectivity index (χ3v) is 3.18. The lowest BCUT2D eigenvalue weighted by Gasteiger charge is -2.17. The van der Waals surface area contributed by atoms with Crippen molar-refractivity contribution in [2.45, 2.75) is 25.4 Å². The quantitative estimate of drug-likeness (QED) is 0.803. The number of rotatable bonds is 3. The van der Waals surface area contributed by atoms with Gasteiger partial charge in [-0.1, -0.05) is 24.3 Å². The van der Waals surface area contributed by atoms with Crippen LogP contribution in [0.1, 0.15) is 24.9 Å². The van der Waals surface area contributed by atoms with Crippen molar-refractivity contribution >= 4 is 5.91 Å². The highest BCUT2D eigenvalue weighted by Gasteiger charge is 2.23. The minimum absolute atomic E-state index is 0.0260. The highest BCUT2D eigenvalue weighted by Crippen LogP contribution is 2.19. The molecule has 3 nitrogen and oxygen atoms in total. The molecule has 0 aromatic heterocycles. The van der Waals surface area contributed by atoms with Crippen molar-refractivity contribution in [1.29, 1.82) is 0 Å². The lowest BCUT2D eigenvalue weighted by molar-refractivity contribution is -0.124. The summed E-state index contributed by atoms with van der Waals surface area (Å²) in [4.78, 5) is 11.9. The number of nitrogens with two attached hydrogens (primary N) is 1.